The van der Waals surface area contributed by atoms with E-state index in [9.17, 15) is 0 Å². The molecular formula is C30H22OS2. The van der Waals surface area contributed by atoms with Crippen molar-refractivity contribution in [1.29, 1.82) is 0 Å². The Balaban J connectivity index is 1.57. The normalized spacial score (nSPS) is 11.3. The highest BCUT2D eigenvalue weighted by Crippen LogP contribution is 2.48. The first-order valence-electron chi connectivity index (χ1n) is 11.0. The van der Waals surface area contributed by atoms with E-state index in [4.69, 9.17) is 4.42 Å². The number of thiophene rings is 2. The molecule has 0 N–H and O–H groups in total. The van der Waals surface area contributed by atoms with E-state index in [1.54, 1.807) is 0 Å². The van der Waals surface area contributed by atoms with E-state index in [1.165, 1.54) is 52.7 Å². The van der Waals surface area contributed by atoms with E-state index in [2.05, 4.69) is 105 Å². The summed E-state index contributed by atoms with van der Waals surface area (Å²) in [4.78, 5) is 5.12. The Morgan fingerprint density at radius 3 is 1.73 bits per heavy atom. The third-order valence-electron chi connectivity index (χ3n) is 6.06. The van der Waals surface area contributed by atoms with E-state index in [0.717, 1.165) is 11.3 Å². The van der Waals surface area contributed by atoms with Crippen LogP contribution < -0.4 is 0 Å². The summed E-state index contributed by atoms with van der Waals surface area (Å²) in [6.07, 6.45) is 0. The Morgan fingerprint density at radius 2 is 1.09 bits per heavy atom. The fourth-order valence-electron chi connectivity index (χ4n) is 4.43. The highest BCUT2D eigenvalue weighted by atomic mass is 32.1. The number of furan rings is 1. The maximum Gasteiger partial charge on any atom is 0.144 e. The van der Waals surface area contributed by atoms with Gasteiger partial charge in [-0.3, -0.25) is 0 Å². The van der Waals surface area contributed by atoms with E-state index < -0.39 is 0 Å². The molecule has 0 aliphatic heterocycles. The minimum atomic E-state index is 0.932. The molecule has 0 radical (unpaired) electrons. The highest BCUT2D eigenvalue weighted by Gasteiger charge is 2.23. The minimum absolute atomic E-state index is 0.932. The molecule has 33 heavy (non-hydrogen) atoms. The van der Waals surface area contributed by atoms with Gasteiger partial charge in [0.1, 0.15) is 11.3 Å². The molecule has 160 valence electrons. The second-order valence-electron chi connectivity index (χ2n) is 8.20. The Bertz CT molecular complexity index is 1570. The van der Waals surface area contributed by atoms with E-state index in [1.807, 2.05) is 28.7 Å². The fraction of sp³-hybridized carbons (Fsp3) is 0.0667. The van der Waals surface area contributed by atoms with Crippen molar-refractivity contribution < 1.29 is 4.42 Å². The van der Waals surface area contributed by atoms with Gasteiger partial charge in [-0.2, -0.15) is 0 Å². The first-order chi connectivity index (χ1) is 16.2. The van der Waals surface area contributed by atoms with Crippen LogP contribution in [0.3, 0.4) is 0 Å². The zero-order valence-corrected chi connectivity index (χ0v) is 20.1. The molecule has 0 saturated heterocycles. The van der Waals surface area contributed by atoms with Crippen molar-refractivity contribution in [3.63, 3.8) is 0 Å². The first-order valence-corrected chi connectivity index (χ1v) is 12.7. The van der Waals surface area contributed by atoms with Crippen molar-refractivity contribution in [2.45, 2.75) is 13.8 Å². The van der Waals surface area contributed by atoms with Crippen molar-refractivity contribution in [2.75, 3.05) is 0 Å². The van der Waals surface area contributed by atoms with Gasteiger partial charge in [-0.05, 0) is 43.2 Å². The van der Waals surface area contributed by atoms with Crippen LogP contribution in [-0.4, -0.2) is 0 Å². The maximum absolute atomic E-state index is 6.55. The molecule has 0 fully saturated rings. The number of fused-ring (bicyclic) bond motifs is 1. The van der Waals surface area contributed by atoms with Crippen LogP contribution in [0.5, 0.6) is 0 Å². The molecule has 3 heterocycles. The molecule has 3 aromatic carbocycles. The number of rotatable bonds is 4. The summed E-state index contributed by atoms with van der Waals surface area (Å²) in [6.45, 7) is 4.41. The Labute approximate surface area is 201 Å². The molecule has 0 saturated carbocycles. The fourth-order valence-corrected chi connectivity index (χ4v) is 6.48. The SMILES string of the molecule is Cc1sc(-c2ccccc2)cc1-c1oc2ccccc2c1-c1cc(-c2ccccc2)sc1C. The Hall–Kier alpha value is -3.40. The second kappa shape index (κ2) is 8.18. The Kier molecular flexibility index (Phi) is 5.01. The smallest absolute Gasteiger partial charge is 0.144 e. The molecular weight excluding hydrogens is 440 g/mol. The van der Waals surface area contributed by atoms with Gasteiger partial charge in [0.2, 0.25) is 0 Å². The molecule has 6 aromatic rings. The second-order valence-corrected chi connectivity index (χ2v) is 10.7. The Morgan fingerprint density at radius 1 is 0.576 bits per heavy atom. The number of aryl methyl sites for hydroxylation is 2. The summed E-state index contributed by atoms with van der Waals surface area (Å²) >= 11 is 3.67. The molecule has 0 aliphatic rings. The van der Waals surface area contributed by atoms with Crippen LogP contribution in [0.15, 0.2) is 101 Å². The van der Waals surface area contributed by atoms with Gasteiger partial charge in [-0.15, -0.1) is 22.7 Å². The summed E-state index contributed by atoms with van der Waals surface area (Å²) in [7, 11) is 0. The molecule has 0 atom stereocenters. The summed E-state index contributed by atoms with van der Waals surface area (Å²) < 4.78 is 6.55. The average molecular weight is 463 g/mol. The number of benzene rings is 3. The molecule has 3 heteroatoms. The molecule has 3 aromatic heterocycles. The third kappa shape index (κ3) is 3.54. The summed E-state index contributed by atoms with van der Waals surface area (Å²) in [6, 6.07) is 34.2. The van der Waals surface area contributed by atoms with Crippen molar-refractivity contribution in [2.24, 2.45) is 0 Å². The van der Waals surface area contributed by atoms with Gasteiger partial charge in [0, 0.05) is 41.6 Å². The number of hydrogen-bond donors (Lipinski definition) is 0. The van der Waals surface area contributed by atoms with Crippen LogP contribution in [0.25, 0.3) is 54.3 Å². The van der Waals surface area contributed by atoms with Crippen molar-refractivity contribution in [1.82, 2.24) is 0 Å². The molecule has 0 amide bonds. The molecule has 0 bridgehead atoms. The summed E-state index contributed by atoms with van der Waals surface area (Å²) in [5.74, 6) is 0.965. The first kappa shape index (κ1) is 20.2. The van der Waals surface area contributed by atoms with E-state index in [-0.39, 0.29) is 0 Å². The maximum atomic E-state index is 6.55. The molecule has 0 unspecified atom stereocenters. The van der Waals surface area contributed by atoms with Crippen molar-refractivity contribution >= 4 is 33.6 Å². The number of para-hydroxylation sites is 1. The highest BCUT2D eigenvalue weighted by molar-refractivity contribution is 7.16. The average Bonchev–Trinajstić information content (AvgIpc) is 3.54. The van der Waals surface area contributed by atoms with Crippen LogP contribution in [0.4, 0.5) is 0 Å². The third-order valence-corrected chi connectivity index (χ3v) is 8.26. The van der Waals surface area contributed by atoms with Crippen molar-refractivity contribution in [3.05, 3.63) is 107 Å². The van der Waals surface area contributed by atoms with Gasteiger partial charge in [-0.25, -0.2) is 0 Å². The van der Waals surface area contributed by atoms with E-state index >= 15 is 0 Å². The van der Waals surface area contributed by atoms with Gasteiger partial charge in [0.25, 0.3) is 0 Å². The van der Waals surface area contributed by atoms with Crippen LogP contribution in [0, 0.1) is 13.8 Å². The predicted molar refractivity (Wildman–Crippen MR) is 143 cm³/mol. The quantitative estimate of drug-likeness (QED) is 0.254. The molecule has 0 spiro atoms. The van der Waals surface area contributed by atoms with Crippen LogP contribution in [0.1, 0.15) is 9.75 Å². The summed E-state index contributed by atoms with van der Waals surface area (Å²) in [5.41, 5.74) is 7.06. The molecule has 6 rings (SSSR count). The van der Waals surface area contributed by atoms with Gasteiger partial charge in [-0.1, -0.05) is 78.9 Å². The number of hydrogen-bond acceptors (Lipinski definition) is 3. The lowest BCUT2D eigenvalue weighted by molar-refractivity contribution is 0.632. The molecule has 0 aliphatic carbocycles. The summed E-state index contributed by atoms with van der Waals surface area (Å²) in [5, 5.41) is 1.17. The monoisotopic (exact) mass is 462 g/mol. The topological polar surface area (TPSA) is 13.1 Å². The lowest BCUT2D eigenvalue weighted by atomic mass is 9.98. The van der Waals surface area contributed by atoms with Gasteiger partial charge < -0.3 is 4.42 Å². The standard InChI is InChI=1S/C30H22OS2/c1-19-24(17-27(32-19)21-11-5-3-6-12-21)29-23-15-9-10-16-26(23)31-30(29)25-18-28(33-20(25)2)22-13-7-4-8-14-22/h3-18H,1-2H3. The predicted octanol–water partition coefficient (Wildman–Crippen LogP) is 9.84. The van der Waals surface area contributed by atoms with Gasteiger partial charge in [0.05, 0.1) is 0 Å². The largest absolute Gasteiger partial charge is 0.455 e. The minimum Gasteiger partial charge on any atom is -0.455 e. The zero-order valence-electron chi connectivity index (χ0n) is 18.5. The zero-order chi connectivity index (χ0) is 22.4. The van der Waals surface area contributed by atoms with Crippen LogP contribution in [-0.2, 0) is 0 Å². The van der Waals surface area contributed by atoms with Crippen LogP contribution >= 0.6 is 22.7 Å². The lowest BCUT2D eigenvalue weighted by Crippen LogP contribution is -1.81. The van der Waals surface area contributed by atoms with Gasteiger partial charge in [0.15, 0.2) is 0 Å². The molecule has 1 nitrogen and oxygen atoms in total. The lowest BCUT2D eigenvalue weighted by Gasteiger charge is -2.03. The van der Waals surface area contributed by atoms with Crippen LogP contribution in [0.2, 0.25) is 0 Å². The van der Waals surface area contributed by atoms with Gasteiger partial charge >= 0.3 is 0 Å². The van der Waals surface area contributed by atoms with E-state index in [0.29, 0.717) is 0 Å². The van der Waals surface area contributed by atoms with Crippen molar-refractivity contribution in [3.8, 4) is 43.3 Å².